The van der Waals surface area contributed by atoms with E-state index < -0.39 is 0 Å². The van der Waals surface area contributed by atoms with Crippen LogP contribution in [0.2, 0.25) is 0 Å². The van der Waals surface area contributed by atoms with E-state index in [-0.39, 0.29) is 0 Å². The van der Waals surface area contributed by atoms with Gasteiger partial charge in [-0.15, -0.1) is 0 Å². The molecular formula is C9H15NO. The maximum atomic E-state index is 4.87. The fourth-order valence-corrected chi connectivity index (χ4v) is 0.619. The lowest BCUT2D eigenvalue weighted by Gasteiger charge is -2.04. The fraction of sp³-hybridized carbons (Fsp3) is 0.333. The number of methoxy groups -OCH3 is 1. The molecule has 0 aliphatic rings. The highest BCUT2D eigenvalue weighted by atomic mass is 16.5. The van der Waals surface area contributed by atoms with Crippen molar-refractivity contribution in [1.29, 1.82) is 0 Å². The highest BCUT2D eigenvalue weighted by Crippen LogP contribution is 1.98. The van der Waals surface area contributed by atoms with Crippen LogP contribution in [0.4, 0.5) is 0 Å². The molecule has 0 aliphatic heterocycles. The van der Waals surface area contributed by atoms with Gasteiger partial charge in [-0.1, -0.05) is 13.2 Å². The number of hydrogen-bond donors (Lipinski definition) is 1. The molecule has 0 aromatic rings. The van der Waals surface area contributed by atoms with Crippen LogP contribution >= 0.6 is 0 Å². The summed E-state index contributed by atoms with van der Waals surface area (Å²) in [5.74, 6) is 0.626. The summed E-state index contributed by atoms with van der Waals surface area (Å²) in [7, 11) is 1.59. The van der Waals surface area contributed by atoms with Crippen molar-refractivity contribution in [1.82, 2.24) is 5.32 Å². The Labute approximate surface area is 68.3 Å². The first-order chi connectivity index (χ1) is 5.24. The first kappa shape index (κ1) is 9.82. The summed E-state index contributed by atoms with van der Waals surface area (Å²) in [6, 6.07) is 0. The van der Waals surface area contributed by atoms with Gasteiger partial charge in [0, 0.05) is 18.3 Å². The molecule has 0 aliphatic carbocycles. The van der Waals surface area contributed by atoms with E-state index in [0.717, 1.165) is 12.2 Å². The van der Waals surface area contributed by atoms with E-state index in [9.17, 15) is 0 Å². The van der Waals surface area contributed by atoms with Gasteiger partial charge < -0.3 is 10.1 Å². The van der Waals surface area contributed by atoms with Crippen molar-refractivity contribution in [3.05, 3.63) is 36.8 Å². The van der Waals surface area contributed by atoms with Crippen LogP contribution in [0.1, 0.15) is 6.92 Å². The lowest BCUT2D eigenvalue weighted by Crippen LogP contribution is -2.10. The Kier molecular flexibility index (Phi) is 4.99. The quantitative estimate of drug-likeness (QED) is 0.480. The number of allylic oxidation sites excluding steroid dienone is 2. The van der Waals surface area contributed by atoms with Gasteiger partial charge in [-0.3, -0.25) is 0 Å². The summed E-state index contributed by atoms with van der Waals surface area (Å²) in [6.07, 6.45) is 3.53. The average molecular weight is 153 g/mol. The second-order valence-corrected chi connectivity index (χ2v) is 2.00. The molecule has 0 spiro atoms. The van der Waals surface area contributed by atoms with E-state index >= 15 is 0 Å². The fourth-order valence-electron chi connectivity index (χ4n) is 0.619. The third kappa shape index (κ3) is 4.25. The van der Waals surface area contributed by atoms with Crippen molar-refractivity contribution in [2.45, 2.75) is 6.92 Å². The molecule has 0 aromatic heterocycles. The molecule has 0 amide bonds. The van der Waals surface area contributed by atoms with Gasteiger partial charge in [0.2, 0.25) is 0 Å². The summed E-state index contributed by atoms with van der Waals surface area (Å²) in [6.45, 7) is 10.2. The monoisotopic (exact) mass is 153 g/mol. The minimum atomic E-state index is 0.626. The maximum Gasteiger partial charge on any atom is 0.113 e. The SMILES string of the molecule is C=C/C(=C\C(=C)OC)NCC. The summed E-state index contributed by atoms with van der Waals surface area (Å²) in [5.41, 5.74) is 0.930. The second kappa shape index (κ2) is 5.59. The number of hydrogen-bond acceptors (Lipinski definition) is 2. The molecule has 0 unspecified atom stereocenters. The topological polar surface area (TPSA) is 21.3 Å². The lowest BCUT2D eigenvalue weighted by atomic mass is 10.3. The van der Waals surface area contributed by atoms with Gasteiger partial charge >= 0.3 is 0 Å². The Morgan fingerprint density at radius 3 is 2.64 bits per heavy atom. The molecule has 0 bridgehead atoms. The third-order valence-electron chi connectivity index (χ3n) is 1.18. The normalized spacial score (nSPS) is 10.5. The second-order valence-electron chi connectivity index (χ2n) is 2.00. The van der Waals surface area contributed by atoms with Crippen molar-refractivity contribution in [2.24, 2.45) is 0 Å². The van der Waals surface area contributed by atoms with Gasteiger partial charge in [-0.25, -0.2) is 0 Å². The molecule has 0 fully saturated rings. The van der Waals surface area contributed by atoms with Crippen LogP contribution < -0.4 is 5.32 Å². The van der Waals surface area contributed by atoms with Gasteiger partial charge in [0.05, 0.1) is 7.11 Å². The molecule has 0 saturated heterocycles. The summed E-state index contributed by atoms with van der Waals surface area (Å²) < 4.78 is 4.87. The summed E-state index contributed by atoms with van der Waals surface area (Å²) in [5, 5.41) is 3.10. The summed E-state index contributed by atoms with van der Waals surface area (Å²) in [4.78, 5) is 0. The highest BCUT2D eigenvalue weighted by molar-refractivity contribution is 5.22. The van der Waals surface area contributed by atoms with Gasteiger partial charge in [-0.05, 0) is 13.0 Å². The zero-order chi connectivity index (χ0) is 8.69. The Bertz CT molecular complexity index is 170. The first-order valence-corrected chi connectivity index (χ1v) is 3.55. The molecule has 0 saturated carbocycles. The van der Waals surface area contributed by atoms with Gasteiger partial charge in [-0.2, -0.15) is 0 Å². The van der Waals surface area contributed by atoms with Crippen LogP contribution in [0.25, 0.3) is 0 Å². The molecule has 0 aromatic carbocycles. The van der Waals surface area contributed by atoms with E-state index in [1.54, 1.807) is 19.3 Å². The Morgan fingerprint density at radius 2 is 2.27 bits per heavy atom. The molecule has 62 valence electrons. The molecule has 2 nitrogen and oxygen atoms in total. The van der Waals surface area contributed by atoms with Gasteiger partial charge in [0.25, 0.3) is 0 Å². The summed E-state index contributed by atoms with van der Waals surface area (Å²) >= 11 is 0. The average Bonchev–Trinajstić information content (AvgIpc) is 2.03. The highest BCUT2D eigenvalue weighted by Gasteiger charge is 1.89. The molecule has 0 atom stereocenters. The molecule has 11 heavy (non-hydrogen) atoms. The molecule has 0 rings (SSSR count). The predicted molar refractivity (Wildman–Crippen MR) is 48.1 cm³/mol. The number of ether oxygens (including phenoxy) is 1. The minimum absolute atomic E-state index is 0.626. The van der Waals surface area contributed by atoms with Crippen LogP contribution in [-0.2, 0) is 4.74 Å². The Morgan fingerprint density at radius 1 is 1.64 bits per heavy atom. The van der Waals surface area contributed by atoms with E-state index in [0.29, 0.717) is 5.76 Å². The van der Waals surface area contributed by atoms with Gasteiger partial charge in [0.1, 0.15) is 5.76 Å². The van der Waals surface area contributed by atoms with Crippen molar-refractivity contribution >= 4 is 0 Å². The first-order valence-electron chi connectivity index (χ1n) is 3.55. The number of nitrogens with one attached hydrogen (secondary N) is 1. The molecule has 0 radical (unpaired) electrons. The van der Waals surface area contributed by atoms with Crippen molar-refractivity contribution < 1.29 is 4.74 Å². The van der Waals surface area contributed by atoms with Crippen LogP contribution in [0.15, 0.2) is 36.8 Å². The Hall–Kier alpha value is -1.18. The smallest absolute Gasteiger partial charge is 0.113 e. The standard InChI is InChI=1S/C9H15NO/c1-5-9(10-6-2)7-8(3)11-4/h5,7,10H,1,3,6H2,2,4H3/b9-7+. The van der Waals surface area contributed by atoms with E-state index in [1.807, 2.05) is 6.92 Å². The number of likely N-dealkylation sites (N-methyl/N-ethyl adjacent to an activating group) is 1. The van der Waals surface area contributed by atoms with Crippen LogP contribution in [0.5, 0.6) is 0 Å². The van der Waals surface area contributed by atoms with Crippen LogP contribution in [0.3, 0.4) is 0 Å². The van der Waals surface area contributed by atoms with E-state index in [1.165, 1.54) is 0 Å². The van der Waals surface area contributed by atoms with Crippen LogP contribution in [0, 0.1) is 0 Å². The van der Waals surface area contributed by atoms with Crippen LogP contribution in [-0.4, -0.2) is 13.7 Å². The van der Waals surface area contributed by atoms with Crippen molar-refractivity contribution in [3.63, 3.8) is 0 Å². The van der Waals surface area contributed by atoms with E-state index in [4.69, 9.17) is 4.74 Å². The van der Waals surface area contributed by atoms with Crippen molar-refractivity contribution in [2.75, 3.05) is 13.7 Å². The Balaban J connectivity index is 4.10. The van der Waals surface area contributed by atoms with Gasteiger partial charge in [0.15, 0.2) is 0 Å². The maximum absolute atomic E-state index is 4.87. The largest absolute Gasteiger partial charge is 0.497 e. The molecule has 2 heteroatoms. The zero-order valence-electron chi connectivity index (χ0n) is 7.18. The molecule has 0 heterocycles. The third-order valence-corrected chi connectivity index (χ3v) is 1.18. The predicted octanol–water partition coefficient (Wildman–Crippen LogP) is 1.83. The molecular weight excluding hydrogens is 138 g/mol. The minimum Gasteiger partial charge on any atom is -0.497 e. The number of rotatable bonds is 5. The zero-order valence-corrected chi connectivity index (χ0v) is 7.18. The molecule has 1 N–H and O–H groups in total. The van der Waals surface area contributed by atoms with E-state index in [2.05, 4.69) is 18.5 Å². The van der Waals surface area contributed by atoms with Crippen molar-refractivity contribution in [3.8, 4) is 0 Å². The lowest BCUT2D eigenvalue weighted by molar-refractivity contribution is 0.308.